The molecule has 0 bridgehead atoms. The number of Topliss-reactive ketones (excluding diaryl/α,β-unsaturated/α-hetero) is 1. The van der Waals surface area contributed by atoms with Gasteiger partial charge in [-0.15, -0.1) is 0 Å². The fraction of sp³-hybridized carbons (Fsp3) is 0.955. The van der Waals surface area contributed by atoms with Crippen LogP contribution in [0.5, 0.6) is 0 Å². The number of aliphatic hydroxyl groups excluding tert-OH is 20. The quantitative estimate of drug-likeness (QED) is 0.0423. The van der Waals surface area contributed by atoms with Gasteiger partial charge in [0.05, 0.1) is 57.5 Å². The van der Waals surface area contributed by atoms with E-state index in [4.69, 9.17) is 56.8 Å². The summed E-state index contributed by atoms with van der Waals surface area (Å²) < 4.78 is 70.7. The first-order chi connectivity index (χ1) is 46.8. The second-order valence-electron chi connectivity index (χ2n) is 31.4. The van der Waals surface area contributed by atoms with Crippen molar-refractivity contribution < 1.29 is 169 Å². The Morgan fingerprint density at radius 3 is 1.32 bits per heavy atom. The van der Waals surface area contributed by atoms with Gasteiger partial charge in [0, 0.05) is 17.3 Å². The molecule has 0 amide bonds. The van der Waals surface area contributed by atoms with Crippen LogP contribution in [0.4, 0.5) is 0 Å². The van der Waals surface area contributed by atoms with Gasteiger partial charge in [0.2, 0.25) is 0 Å². The molecule has 0 unspecified atom stereocenters. The number of carbonyl (C=O) groups is 1. The van der Waals surface area contributed by atoms with Crippen LogP contribution in [0.2, 0.25) is 0 Å². The normalized spacial score (nSPS) is 51.3. The monoisotopic (exact) mass is 1450 g/mol. The standard InChI is InChI=1S/C66H110O34/c1-24(9-13-37(63(4,5)88)99-61-55(100-60-54(87)46(79)40(73)30(20-69)94-60)49(82)43(76)33(97-61)23-90-57-51(84)45(78)39(72)29(19-68)93-57)25-15-16-64(6)34-12-10-26-27(66(34,8)35(70)17-65(25,64)7)11-14-36(62(26,2)3)98-59-53(86)48(81)42(75)32(96-59)22-91-58-52(85)47(80)41(74)31(95-58)21-89-56-50(83)44(77)38(71)28(18-67)92-56/h10,24-25,27-34,36-61,67-69,71-88H,9,11-23H2,1-8H3/t24-,25-,27-,28-,29-,30-,31-,32-,33-,34+,36+,37-,38-,39-,40-,41-,42-,43-,44+,45+,46+,47+,48+,49+,50-,51-,52-,53-,54-,55-,56-,57-,58-,59+,60+,61+,64+,65-,66+/m1/s1. The second-order valence-corrected chi connectivity index (χ2v) is 31.4. The number of ketones is 1. The van der Waals surface area contributed by atoms with Gasteiger partial charge in [-0.1, -0.05) is 53.2 Å². The Hall–Kier alpha value is -1.91. The number of carbonyl (C=O) groups excluding carboxylic acids is 1. The molecule has 34 heteroatoms. The summed E-state index contributed by atoms with van der Waals surface area (Å²) in [5, 5.41) is 225. The van der Waals surface area contributed by atoms with Gasteiger partial charge in [0.25, 0.3) is 0 Å². The van der Waals surface area contributed by atoms with E-state index in [9.17, 15) is 107 Å². The third-order valence-electron chi connectivity index (χ3n) is 24.7. The predicted octanol–water partition coefficient (Wildman–Crippen LogP) is -7.38. The minimum Gasteiger partial charge on any atom is -0.394 e. The summed E-state index contributed by atoms with van der Waals surface area (Å²) in [7, 11) is 0. The van der Waals surface area contributed by atoms with Gasteiger partial charge in [-0.25, -0.2) is 0 Å². The van der Waals surface area contributed by atoms with Crippen molar-refractivity contribution in [3.05, 3.63) is 11.6 Å². The molecule has 0 spiro atoms. The first kappa shape index (κ1) is 80.6. The SMILES string of the molecule is C[C@H](CC[C@@H](O[C@@H]1O[C@H](CO[C@@H]2O[C@H](CO)[C@@H](O)[C@H](O)[C@H]2O)[C@@H](O)[C@H](O)[C@H]1O[C@@H]1O[C@H](CO)[C@@H](O)[C@H](O)[C@H]1O)C(C)(C)O)[C@H]1CC[C@@]2(C)[C@@H]3CC=C4[C@@H](CC[C@H](O[C@@H]5O[C@H](CO[C@@H]6O[C@H](CO[C@@H]7O[C@H](CO)[C@@H](O)[C@H](O)[C@H]7O)[C@@H](O)[C@H](O)[C@H]6O)[C@@H](O)[C@H](O)[C@H]5O)C4(C)C)[C@]3(C)C(=O)C[C@]12C. The molecule has 6 aliphatic heterocycles. The number of aliphatic hydroxyl groups is 21. The number of allylic oxidation sites excluding steroid dienone is 1. The maximum atomic E-state index is 15.5. The molecule has 9 fully saturated rings. The number of hydrogen-bond donors (Lipinski definition) is 21. The topological polar surface area (TPSA) is 553 Å². The maximum Gasteiger partial charge on any atom is 0.187 e. The van der Waals surface area contributed by atoms with Gasteiger partial charge >= 0.3 is 0 Å². The number of hydrogen-bond acceptors (Lipinski definition) is 34. The maximum absolute atomic E-state index is 15.5. The van der Waals surface area contributed by atoms with Crippen LogP contribution in [0, 0.1) is 45.3 Å². The van der Waals surface area contributed by atoms with E-state index in [2.05, 4.69) is 33.8 Å². The smallest absolute Gasteiger partial charge is 0.187 e. The molecule has 0 aromatic rings. The Kier molecular flexibility index (Phi) is 25.3. The largest absolute Gasteiger partial charge is 0.394 e. The lowest BCUT2D eigenvalue weighted by Gasteiger charge is -2.65. The molecular formula is C66H110O34. The molecule has 100 heavy (non-hydrogen) atoms. The van der Waals surface area contributed by atoms with Crippen molar-refractivity contribution in [3.8, 4) is 0 Å². The fourth-order valence-electron chi connectivity index (χ4n) is 18.1. The Morgan fingerprint density at radius 2 is 0.870 bits per heavy atom. The van der Waals surface area contributed by atoms with E-state index < -0.39 is 258 Å². The van der Waals surface area contributed by atoms with Crippen LogP contribution in [0.15, 0.2) is 11.6 Å². The zero-order valence-electron chi connectivity index (χ0n) is 57.5. The molecule has 0 aromatic heterocycles. The summed E-state index contributed by atoms with van der Waals surface area (Å²) in [6.07, 6.45) is -47.6. The summed E-state index contributed by atoms with van der Waals surface area (Å²) in [6, 6.07) is 0. The Bertz CT molecular complexity index is 2720. The van der Waals surface area contributed by atoms with Gasteiger partial charge in [0.15, 0.2) is 37.7 Å². The summed E-state index contributed by atoms with van der Waals surface area (Å²) in [6.45, 7) is 11.3. The molecule has 21 N–H and O–H groups in total. The molecule has 0 radical (unpaired) electrons. The molecule has 578 valence electrons. The average Bonchev–Trinajstić information content (AvgIpc) is 1.02. The lowest BCUT2D eigenvalue weighted by atomic mass is 9.38. The van der Waals surface area contributed by atoms with E-state index in [0.717, 1.165) is 18.4 Å². The fourth-order valence-corrected chi connectivity index (χ4v) is 18.1. The second kappa shape index (κ2) is 31.4. The van der Waals surface area contributed by atoms with Crippen molar-refractivity contribution in [2.75, 3.05) is 39.6 Å². The minimum atomic E-state index is -1.98. The number of rotatable bonds is 23. The first-order valence-electron chi connectivity index (χ1n) is 34.9. The van der Waals surface area contributed by atoms with Crippen molar-refractivity contribution in [2.45, 2.75) is 309 Å². The highest BCUT2D eigenvalue weighted by molar-refractivity contribution is 5.88. The highest BCUT2D eigenvalue weighted by Crippen LogP contribution is 2.74. The molecule has 0 aromatic carbocycles. The van der Waals surface area contributed by atoms with Crippen LogP contribution in [0.3, 0.4) is 0 Å². The van der Waals surface area contributed by atoms with E-state index in [1.54, 1.807) is 0 Å². The van der Waals surface area contributed by atoms with Crippen molar-refractivity contribution in [1.82, 2.24) is 0 Å². The Labute approximate surface area is 578 Å². The van der Waals surface area contributed by atoms with E-state index in [1.807, 2.05) is 13.8 Å². The van der Waals surface area contributed by atoms with Gasteiger partial charge in [0.1, 0.15) is 152 Å². The molecule has 39 atom stereocenters. The predicted molar refractivity (Wildman–Crippen MR) is 332 cm³/mol. The number of ether oxygens (including phenoxy) is 12. The van der Waals surface area contributed by atoms with Crippen LogP contribution >= 0.6 is 0 Å². The van der Waals surface area contributed by atoms with Crippen molar-refractivity contribution in [1.29, 1.82) is 0 Å². The number of fused-ring (bicyclic) bond motifs is 5. The molecule has 10 aliphatic rings. The third-order valence-corrected chi connectivity index (χ3v) is 24.7. The van der Waals surface area contributed by atoms with Gasteiger partial charge in [-0.3, -0.25) is 4.79 Å². The van der Waals surface area contributed by atoms with E-state index in [-0.39, 0.29) is 47.7 Å². The highest BCUT2D eigenvalue weighted by atomic mass is 16.8. The Balaban J connectivity index is 0.795. The van der Waals surface area contributed by atoms with Gasteiger partial charge in [-0.2, -0.15) is 0 Å². The lowest BCUT2D eigenvalue weighted by Crippen LogP contribution is -2.65. The molecule has 4 aliphatic carbocycles. The molecule has 6 saturated heterocycles. The molecule has 34 nitrogen and oxygen atoms in total. The summed E-state index contributed by atoms with van der Waals surface area (Å²) in [5.74, 6) is -0.354. The zero-order chi connectivity index (χ0) is 73.5. The third kappa shape index (κ3) is 14.8. The van der Waals surface area contributed by atoms with Crippen LogP contribution in [-0.4, -0.2) is 355 Å². The summed E-state index contributed by atoms with van der Waals surface area (Å²) in [4.78, 5) is 15.5. The van der Waals surface area contributed by atoms with E-state index in [0.29, 0.717) is 25.7 Å². The summed E-state index contributed by atoms with van der Waals surface area (Å²) >= 11 is 0. The van der Waals surface area contributed by atoms with Gasteiger partial charge < -0.3 is 164 Å². The van der Waals surface area contributed by atoms with Crippen molar-refractivity contribution in [3.63, 3.8) is 0 Å². The van der Waals surface area contributed by atoms with Gasteiger partial charge in [-0.05, 0) is 93.3 Å². The zero-order valence-corrected chi connectivity index (χ0v) is 57.5. The van der Waals surface area contributed by atoms with E-state index >= 15 is 4.79 Å². The molecular weight excluding hydrogens is 1340 g/mol. The van der Waals surface area contributed by atoms with Crippen LogP contribution in [0.1, 0.15) is 107 Å². The average molecular weight is 1450 g/mol. The minimum absolute atomic E-state index is 0.0250. The molecule has 10 rings (SSSR count). The van der Waals surface area contributed by atoms with Crippen molar-refractivity contribution >= 4 is 5.78 Å². The van der Waals surface area contributed by atoms with Crippen molar-refractivity contribution in [2.24, 2.45) is 45.3 Å². The molecule has 3 saturated carbocycles. The highest BCUT2D eigenvalue weighted by Gasteiger charge is 2.71. The van der Waals surface area contributed by atoms with Crippen LogP contribution < -0.4 is 0 Å². The summed E-state index contributed by atoms with van der Waals surface area (Å²) in [5.41, 5.74) is -3.20. The molecule has 6 heterocycles. The first-order valence-corrected chi connectivity index (χ1v) is 34.9. The Morgan fingerprint density at radius 1 is 0.480 bits per heavy atom. The van der Waals surface area contributed by atoms with Crippen LogP contribution in [0.25, 0.3) is 0 Å². The lowest BCUT2D eigenvalue weighted by molar-refractivity contribution is -0.380. The van der Waals surface area contributed by atoms with E-state index in [1.165, 1.54) is 13.8 Å². The van der Waals surface area contributed by atoms with Crippen LogP contribution in [-0.2, 0) is 61.6 Å².